The van der Waals surface area contributed by atoms with Crippen molar-refractivity contribution in [3.8, 4) is 0 Å². The number of nitrogens with one attached hydrogen (secondary N) is 1. The molecule has 21 heavy (non-hydrogen) atoms. The summed E-state index contributed by atoms with van der Waals surface area (Å²) in [5, 5.41) is 12.1. The quantitative estimate of drug-likeness (QED) is 0.779. The van der Waals surface area contributed by atoms with Gasteiger partial charge in [-0.05, 0) is 50.6 Å². The molecular weight excluding hydrogens is 307 g/mol. The summed E-state index contributed by atoms with van der Waals surface area (Å²) < 4.78 is 37.8. The van der Waals surface area contributed by atoms with E-state index in [0.717, 1.165) is 12.1 Å². The summed E-state index contributed by atoms with van der Waals surface area (Å²) in [6.45, 7) is 3.70. The van der Waals surface area contributed by atoms with Crippen LogP contribution in [0, 0.1) is 5.41 Å². The maximum absolute atomic E-state index is 12.6. The molecule has 0 saturated heterocycles. The first kappa shape index (κ1) is 17.8. The molecule has 0 bridgehead atoms. The lowest BCUT2D eigenvalue weighted by molar-refractivity contribution is -0.147. The number of carboxylic acids is 1. The zero-order valence-corrected chi connectivity index (χ0v) is 12.5. The number of benzene rings is 1. The molecule has 0 saturated carbocycles. The molecule has 0 aliphatic heterocycles. The van der Waals surface area contributed by atoms with Gasteiger partial charge in [0.1, 0.15) is 0 Å². The van der Waals surface area contributed by atoms with E-state index in [4.69, 9.17) is 16.7 Å². The Morgan fingerprint density at radius 2 is 1.95 bits per heavy atom. The standard InChI is InChI=1S/C14H17ClF3NO2/c1-13(2,12(20)21)5-6-19-8-9-7-10(14(16,17)18)3-4-11(9)15/h3-4,7,19H,5-6,8H2,1-2H3,(H,20,21). The molecule has 0 amide bonds. The third kappa shape index (κ3) is 5.21. The highest BCUT2D eigenvalue weighted by Gasteiger charge is 2.31. The van der Waals surface area contributed by atoms with E-state index in [-0.39, 0.29) is 11.6 Å². The van der Waals surface area contributed by atoms with Crippen molar-refractivity contribution in [3.05, 3.63) is 34.3 Å². The fourth-order valence-electron chi connectivity index (χ4n) is 1.62. The molecule has 0 spiro atoms. The van der Waals surface area contributed by atoms with Gasteiger partial charge in [0.25, 0.3) is 0 Å². The Morgan fingerprint density at radius 1 is 1.33 bits per heavy atom. The molecule has 0 unspecified atom stereocenters. The summed E-state index contributed by atoms with van der Waals surface area (Å²) in [5.41, 5.74) is -1.31. The smallest absolute Gasteiger partial charge is 0.416 e. The molecule has 0 aromatic heterocycles. The molecule has 3 nitrogen and oxygen atoms in total. The average molecular weight is 324 g/mol. The number of rotatable bonds is 6. The molecule has 0 aliphatic carbocycles. The molecule has 0 aliphatic rings. The van der Waals surface area contributed by atoms with Crippen LogP contribution in [0.2, 0.25) is 5.02 Å². The van der Waals surface area contributed by atoms with Gasteiger partial charge in [-0.3, -0.25) is 4.79 Å². The summed E-state index contributed by atoms with van der Waals surface area (Å²) in [4.78, 5) is 10.9. The van der Waals surface area contributed by atoms with Crippen LogP contribution >= 0.6 is 11.6 Å². The molecule has 0 radical (unpaired) electrons. The van der Waals surface area contributed by atoms with Crippen molar-refractivity contribution in [2.75, 3.05) is 6.54 Å². The number of halogens is 4. The highest BCUT2D eigenvalue weighted by Crippen LogP contribution is 2.31. The Labute approximate surface area is 126 Å². The van der Waals surface area contributed by atoms with Crippen LogP contribution in [0.25, 0.3) is 0 Å². The topological polar surface area (TPSA) is 49.3 Å². The normalized spacial score (nSPS) is 12.5. The van der Waals surface area contributed by atoms with E-state index in [0.29, 0.717) is 18.5 Å². The summed E-state index contributed by atoms with van der Waals surface area (Å²) in [6, 6.07) is 3.14. The Hall–Kier alpha value is -1.27. The van der Waals surface area contributed by atoms with Gasteiger partial charge in [0.15, 0.2) is 0 Å². The predicted octanol–water partition coefficient (Wildman–Crippen LogP) is 3.95. The Bertz CT molecular complexity index is 515. The second-order valence-corrected chi connectivity index (χ2v) is 5.83. The van der Waals surface area contributed by atoms with Gasteiger partial charge in [-0.25, -0.2) is 0 Å². The molecule has 2 N–H and O–H groups in total. The van der Waals surface area contributed by atoms with E-state index in [1.54, 1.807) is 13.8 Å². The van der Waals surface area contributed by atoms with Crippen LogP contribution < -0.4 is 5.32 Å². The highest BCUT2D eigenvalue weighted by molar-refractivity contribution is 6.31. The second-order valence-electron chi connectivity index (χ2n) is 5.42. The van der Waals surface area contributed by atoms with Gasteiger partial charge in [-0.15, -0.1) is 0 Å². The van der Waals surface area contributed by atoms with Crippen molar-refractivity contribution < 1.29 is 23.1 Å². The number of alkyl halides is 3. The van der Waals surface area contributed by atoms with Gasteiger partial charge in [0.2, 0.25) is 0 Å². The zero-order chi connectivity index (χ0) is 16.3. The van der Waals surface area contributed by atoms with E-state index in [1.165, 1.54) is 6.07 Å². The van der Waals surface area contributed by atoms with Gasteiger partial charge >= 0.3 is 12.1 Å². The van der Waals surface area contributed by atoms with Crippen molar-refractivity contribution in [1.82, 2.24) is 5.32 Å². The maximum Gasteiger partial charge on any atom is 0.416 e. The van der Waals surface area contributed by atoms with Crippen LogP contribution in [0.3, 0.4) is 0 Å². The van der Waals surface area contributed by atoms with Crippen molar-refractivity contribution >= 4 is 17.6 Å². The van der Waals surface area contributed by atoms with Gasteiger partial charge < -0.3 is 10.4 Å². The molecule has 7 heteroatoms. The molecule has 0 heterocycles. The first-order valence-corrected chi connectivity index (χ1v) is 6.71. The van der Waals surface area contributed by atoms with Crippen molar-refractivity contribution in [2.24, 2.45) is 5.41 Å². The molecule has 0 atom stereocenters. The van der Waals surface area contributed by atoms with Crippen molar-refractivity contribution in [2.45, 2.75) is 33.0 Å². The minimum Gasteiger partial charge on any atom is -0.481 e. The number of carboxylic acid groups (broad SMARTS) is 1. The fourth-order valence-corrected chi connectivity index (χ4v) is 1.80. The molecular formula is C14H17ClF3NO2. The minimum absolute atomic E-state index is 0.151. The highest BCUT2D eigenvalue weighted by atomic mass is 35.5. The third-order valence-corrected chi connectivity index (χ3v) is 3.56. The number of hydrogen-bond donors (Lipinski definition) is 2. The van der Waals surface area contributed by atoms with Crippen molar-refractivity contribution in [3.63, 3.8) is 0 Å². The van der Waals surface area contributed by atoms with E-state index < -0.39 is 23.1 Å². The van der Waals surface area contributed by atoms with Crippen LogP contribution in [0.1, 0.15) is 31.4 Å². The predicted molar refractivity (Wildman–Crippen MR) is 74.2 cm³/mol. The van der Waals surface area contributed by atoms with Gasteiger partial charge in [-0.2, -0.15) is 13.2 Å². The summed E-state index contributed by atoms with van der Waals surface area (Å²) in [5.74, 6) is -0.915. The van der Waals surface area contributed by atoms with Crippen LogP contribution in [-0.4, -0.2) is 17.6 Å². The lowest BCUT2D eigenvalue weighted by atomic mass is 9.90. The average Bonchev–Trinajstić information content (AvgIpc) is 2.34. The Kier molecular flexibility index (Phi) is 5.64. The number of hydrogen-bond acceptors (Lipinski definition) is 2. The first-order chi connectivity index (χ1) is 9.54. The van der Waals surface area contributed by atoms with Crippen LogP contribution in [0.4, 0.5) is 13.2 Å². The number of aliphatic carboxylic acids is 1. The first-order valence-electron chi connectivity index (χ1n) is 6.34. The Balaban J connectivity index is 2.62. The lowest BCUT2D eigenvalue weighted by Gasteiger charge is -2.19. The van der Waals surface area contributed by atoms with Crippen LogP contribution in [-0.2, 0) is 17.5 Å². The molecule has 0 fully saturated rings. The summed E-state index contributed by atoms with van der Waals surface area (Å²) >= 11 is 5.86. The van der Waals surface area contributed by atoms with Gasteiger partial charge in [-0.1, -0.05) is 11.6 Å². The third-order valence-electron chi connectivity index (χ3n) is 3.19. The summed E-state index contributed by atoms with van der Waals surface area (Å²) in [6.07, 6.45) is -4.05. The number of carbonyl (C=O) groups is 1. The molecule has 118 valence electrons. The monoisotopic (exact) mass is 323 g/mol. The largest absolute Gasteiger partial charge is 0.481 e. The Morgan fingerprint density at radius 3 is 2.48 bits per heavy atom. The van der Waals surface area contributed by atoms with Crippen LogP contribution in [0.5, 0.6) is 0 Å². The van der Waals surface area contributed by atoms with E-state index in [1.807, 2.05) is 0 Å². The van der Waals surface area contributed by atoms with E-state index >= 15 is 0 Å². The van der Waals surface area contributed by atoms with Crippen molar-refractivity contribution in [1.29, 1.82) is 0 Å². The molecule has 1 rings (SSSR count). The van der Waals surface area contributed by atoms with Crippen LogP contribution in [0.15, 0.2) is 18.2 Å². The zero-order valence-electron chi connectivity index (χ0n) is 11.7. The molecule has 1 aromatic rings. The lowest BCUT2D eigenvalue weighted by Crippen LogP contribution is -2.28. The van der Waals surface area contributed by atoms with E-state index in [2.05, 4.69) is 5.32 Å². The minimum atomic E-state index is -4.41. The van der Waals surface area contributed by atoms with Gasteiger partial charge in [0.05, 0.1) is 11.0 Å². The van der Waals surface area contributed by atoms with Gasteiger partial charge in [0, 0.05) is 11.6 Å². The summed E-state index contributed by atoms with van der Waals surface area (Å²) in [7, 11) is 0. The van der Waals surface area contributed by atoms with E-state index in [9.17, 15) is 18.0 Å². The SMILES string of the molecule is CC(C)(CCNCc1cc(C(F)(F)F)ccc1Cl)C(=O)O. The maximum atomic E-state index is 12.6. The molecule has 1 aromatic carbocycles. The second kappa shape index (κ2) is 6.66. The fraction of sp³-hybridized carbons (Fsp3) is 0.500.